The third kappa shape index (κ3) is 5.39. The first kappa shape index (κ1) is 16.8. The van der Waals surface area contributed by atoms with E-state index in [1.54, 1.807) is 14.2 Å². The molecule has 0 bridgehead atoms. The summed E-state index contributed by atoms with van der Waals surface area (Å²) in [6, 6.07) is 6.03. The summed E-state index contributed by atoms with van der Waals surface area (Å²) < 4.78 is 10.6. The van der Waals surface area contributed by atoms with Crippen molar-refractivity contribution in [1.82, 2.24) is 10.2 Å². The van der Waals surface area contributed by atoms with E-state index in [1.165, 1.54) is 5.56 Å². The molecule has 0 saturated heterocycles. The van der Waals surface area contributed by atoms with Crippen molar-refractivity contribution in [3.05, 3.63) is 23.8 Å². The van der Waals surface area contributed by atoms with Gasteiger partial charge in [-0.25, -0.2) is 0 Å². The molecule has 0 fully saturated rings. The molecule has 0 amide bonds. The van der Waals surface area contributed by atoms with Crippen molar-refractivity contribution in [2.24, 2.45) is 5.41 Å². The zero-order valence-corrected chi connectivity index (χ0v) is 13.6. The minimum Gasteiger partial charge on any atom is -0.493 e. The highest BCUT2D eigenvalue weighted by Crippen LogP contribution is 2.27. The molecule has 20 heavy (non-hydrogen) atoms. The Kier molecular flexibility index (Phi) is 6.30. The van der Waals surface area contributed by atoms with Crippen LogP contribution in [0.3, 0.4) is 0 Å². The first-order chi connectivity index (χ1) is 9.38. The summed E-state index contributed by atoms with van der Waals surface area (Å²) in [5.74, 6) is 1.54. The minimum absolute atomic E-state index is 0.250. The van der Waals surface area contributed by atoms with Crippen LogP contribution in [-0.4, -0.2) is 46.3 Å². The predicted molar refractivity (Wildman–Crippen MR) is 83.6 cm³/mol. The van der Waals surface area contributed by atoms with Gasteiger partial charge in [0.15, 0.2) is 11.5 Å². The Morgan fingerprint density at radius 3 is 2.30 bits per heavy atom. The molecule has 0 unspecified atom stereocenters. The molecule has 0 saturated carbocycles. The highest BCUT2D eigenvalue weighted by atomic mass is 16.5. The monoisotopic (exact) mass is 280 g/mol. The van der Waals surface area contributed by atoms with E-state index in [4.69, 9.17) is 9.47 Å². The molecule has 1 rings (SSSR count). The third-order valence-corrected chi connectivity index (χ3v) is 3.12. The van der Waals surface area contributed by atoms with Crippen molar-refractivity contribution >= 4 is 0 Å². The van der Waals surface area contributed by atoms with Gasteiger partial charge in [-0.15, -0.1) is 0 Å². The Bertz CT molecular complexity index is 417. The van der Waals surface area contributed by atoms with Gasteiger partial charge in [-0.3, -0.25) is 0 Å². The largest absolute Gasteiger partial charge is 0.493 e. The van der Waals surface area contributed by atoms with Gasteiger partial charge in [-0.1, -0.05) is 19.9 Å². The van der Waals surface area contributed by atoms with Crippen LogP contribution in [0.2, 0.25) is 0 Å². The summed E-state index contributed by atoms with van der Waals surface area (Å²) in [6.07, 6.45) is 0. The van der Waals surface area contributed by atoms with E-state index in [0.717, 1.165) is 31.1 Å². The summed E-state index contributed by atoms with van der Waals surface area (Å²) >= 11 is 0. The van der Waals surface area contributed by atoms with E-state index in [0.29, 0.717) is 0 Å². The molecule has 0 spiro atoms. The van der Waals surface area contributed by atoms with E-state index in [2.05, 4.69) is 44.2 Å². The number of nitrogens with zero attached hydrogens (tertiary/aromatic N) is 1. The Morgan fingerprint density at radius 1 is 1.10 bits per heavy atom. The molecule has 4 heteroatoms. The normalized spacial score (nSPS) is 11.8. The molecule has 4 nitrogen and oxygen atoms in total. The van der Waals surface area contributed by atoms with Gasteiger partial charge in [-0.2, -0.15) is 0 Å². The third-order valence-electron chi connectivity index (χ3n) is 3.12. The molecule has 0 radical (unpaired) electrons. The van der Waals surface area contributed by atoms with Crippen LogP contribution in [0.25, 0.3) is 0 Å². The van der Waals surface area contributed by atoms with Crippen LogP contribution in [-0.2, 0) is 6.54 Å². The van der Waals surface area contributed by atoms with Crippen LogP contribution in [0, 0.1) is 5.41 Å². The van der Waals surface area contributed by atoms with Gasteiger partial charge in [0.25, 0.3) is 0 Å². The summed E-state index contributed by atoms with van der Waals surface area (Å²) in [7, 11) is 7.53. The fourth-order valence-corrected chi connectivity index (χ4v) is 2.45. The van der Waals surface area contributed by atoms with E-state index in [-0.39, 0.29) is 5.41 Å². The van der Waals surface area contributed by atoms with Gasteiger partial charge in [0, 0.05) is 19.6 Å². The Labute approximate surface area is 123 Å². The average Bonchev–Trinajstić information content (AvgIpc) is 2.36. The first-order valence-electron chi connectivity index (χ1n) is 6.94. The smallest absolute Gasteiger partial charge is 0.161 e. The zero-order chi connectivity index (χ0) is 15.2. The molecular formula is C16H28N2O2. The van der Waals surface area contributed by atoms with Gasteiger partial charge in [0.1, 0.15) is 0 Å². The van der Waals surface area contributed by atoms with Crippen LogP contribution < -0.4 is 14.8 Å². The van der Waals surface area contributed by atoms with Crippen molar-refractivity contribution in [2.75, 3.05) is 41.4 Å². The maximum atomic E-state index is 5.32. The van der Waals surface area contributed by atoms with Gasteiger partial charge >= 0.3 is 0 Å². The van der Waals surface area contributed by atoms with Crippen molar-refractivity contribution in [3.8, 4) is 11.5 Å². The molecule has 1 aromatic rings. The fourth-order valence-electron chi connectivity index (χ4n) is 2.45. The van der Waals surface area contributed by atoms with E-state index >= 15 is 0 Å². The highest BCUT2D eigenvalue weighted by molar-refractivity contribution is 5.42. The molecule has 0 aliphatic heterocycles. The Morgan fingerprint density at radius 2 is 1.75 bits per heavy atom. The second kappa shape index (κ2) is 7.50. The lowest BCUT2D eigenvalue weighted by molar-refractivity contribution is 0.232. The van der Waals surface area contributed by atoms with E-state index in [9.17, 15) is 0 Å². The number of rotatable bonds is 8. The van der Waals surface area contributed by atoms with Crippen LogP contribution in [0.5, 0.6) is 11.5 Å². The first-order valence-corrected chi connectivity index (χ1v) is 6.94. The standard InChI is InChI=1S/C16H28N2O2/c1-16(2,12-18(3)4)11-17-10-13-7-8-14(19-5)15(9-13)20-6/h7-9,17H,10-12H2,1-6H3. The predicted octanol–water partition coefficient (Wildman–Crippen LogP) is 2.38. The van der Waals surface area contributed by atoms with Crippen LogP contribution in [0.1, 0.15) is 19.4 Å². The van der Waals surface area contributed by atoms with Crippen molar-refractivity contribution < 1.29 is 9.47 Å². The topological polar surface area (TPSA) is 33.7 Å². The molecule has 114 valence electrons. The SMILES string of the molecule is COc1ccc(CNCC(C)(C)CN(C)C)cc1OC. The summed E-state index contributed by atoms with van der Waals surface area (Å²) in [6.45, 7) is 7.41. The number of benzene rings is 1. The summed E-state index contributed by atoms with van der Waals surface area (Å²) in [5, 5.41) is 3.51. The van der Waals surface area contributed by atoms with E-state index in [1.807, 2.05) is 12.1 Å². The number of nitrogens with one attached hydrogen (secondary N) is 1. The number of ether oxygens (including phenoxy) is 2. The lowest BCUT2D eigenvalue weighted by Crippen LogP contribution is -2.37. The molecule has 1 aromatic carbocycles. The van der Waals surface area contributed by atoms with Crippen molar-refractivity contribution in [2.45, 2.75) is 20.4 Å². The summed E-state index contributed by atoms with van der Waals surface area (Å²) in [4.78, 5) is 2.22. The van der Waals surface area contributed by atoms with Crippen LogP contribution in [0.15, 0.2) is 18.2 Å². The molecule has 0 atom stereocenters. The maximum Gasteiger partial charge on any atom is 0.161 e. The molecule has 0 heterocycles. The molecule has 1 N–H and O–H groups in total. The lowest BCUT2D eigenvalue weighted by atomic mass is 9.93. The Balaban J connectivity index is 2.54. The quantitative estimate of drug-likeness (QED) is 0.793. The molecule has 0 aliphatic carbocycles. The van der Waals surface area contributed by atoms with Gasteiger partial charge < -0.3 is 19.7 Å². The number of hydrogen-bond donors (Lipinski definition) is 1. The van der Waals surface area contributed by atoms with Crippen LogP contribution in [0.4, 0.5) is 0 Å². The van der Waals surface area contributed by atoms with E-state index < -0.39 is 0 Å². The zero-order valence-electron chi connectivity index (χ0n) is 13.6. The minimum atomic E-state index is 0.250. The average molecular weight is 280 g/mol. The highest BCUT2D eigenvalue weighted by Gasteiger charge is 2.18. The van der Waals surface area contributed by atoms with Crippen molar-refractivity contribution in [1.29, 1.82) is 0 Å². The molecular weight excluding hydrogens is 252 g/mol. The van der Waals surface area contributed by atoms with Gasteiger partial charge in [-0.05, 0) is 37.2 Å². The Hall–Kier alpha value is -1.26. The number of methoxy groups -OCH3 is 2. The summed E-state index contributed by atoms with van der Waals surface area (Å²) in [5.41, 5.74) is 1.45. The fraction of sp³-hybridized carbons (Fsp3) is 0.625. The second-order valence-corrected chi connectivity index (χ2v) is 6.19. The van der Waals surface area contributed by atoms with Gasteiger partial charge in [0.05, 0.1) is 14.2 Å². The van der Waals surface area contributed by atoms with Gasteiger partial charge in [0.2, 0.25) is 0 Å². The lowest BCUT2D eigenvalue weighted by Gasteiger charge is -2.28. The molecule has 0 aliphatic rings. The molecule has 0 aromatic heterocycles. The number of hydrogen-bond acceptors (Lipinski definition) is 4. The van der Waals surface area contributed by atoms with Crippen molar-refractivity contribution in [3.63, 3.8) is 0 Å². The van der Waals surface area contributed by atoms with Crippen LogP contribution >= 0.6 is 0 Å². The second-order valence-electron chi connectivity index (χ2n) is 6.19. The maximum absolute atomic E-state index is 5.32.